The highest BCUT2D eigenvalue weighted by Crippen LogP contribution is 2.45. The molecule has 0 aliphatic carbocycles. The van der Waals surface area contributed by atoms with Gasteiger partial charge in [-0.25, -0.2) is 9.13 Å². The monoisotopic (exact) mass is 1180 g/mol. The Labute approximate surface area is 486 Å². The van der Waals surface area contributed by atoms with E-state index in [2.05, 4.69) is 55.4 Å². The van der Waals surface area contributed by atoms with Crippen molar-refractivity contribution in [3.05, 3.63) is 0 Å². The molecule has 0 aromatic heterocycles. The van der Waals surface area contributed by atoms with Crippen molar-refractivity contribution >= 4 is 39.5 Å². The van der Waals surface area contributed by atoms with E-state index in [4.69, 9.17) is 37.0 Å². The van der Waals surface area contributed by atoms with Crippen LogP contribution in [0.15, 0.2) is 0 Å². The Morgan fingerprint density at radius 3 is 0.775 bits per heavy atom. The van der Waals surface area contributed by atoms with Gasteiger partial charge < -0.3 is 33.8 Å². The van der Waals surface area contributed by atoms with Crippen LogP contribution in [0, 0.1) is 23.7 Å². The van der Waals surface area contributed by atoms with Crippen molar-refractivity contribution < 1.29 is 80.2 Å². The summed E-state index contributed by atoms with van der Waals surface area (Å²) in [5, 5.41) is 10.5. The number of hydrogen-bond acceptors (Lipinski definition) is 15. The number of unbranched alkanes of at least 4 members (excludes halogenated alkanes) is 24. The number of carbonyl (C=O) groups excluding carboxylic acids is 4. The SMILES string of the molecule is CC(C)CCCCCCCCCCCC(=O)OC[C@H](COP(=O)(O)OC[C@@H](O)COP(=O)(O)OC[C@@H](COC(=O)CCCCCCCCC(C)C)OC(=O)CCCCCCCCCC(C)C)OC(=O)CCCCCCCCC(C)C. The molecule has 0 heterocycles. The number of aliphatic hydroxyl groups excluding tert-OH is 1. The lowest BCUT2D eigenvalue weighted by molar-refractivity contribution is -0.161. The highest BCUT2D eigenvalue weighted by molar-refractivity contribution is 7.47. The molecule has 474 valence electrons. The molecule has 0 amide bonds. The fourth-order valence-electron chi connectivity index (χ4n) is 8.90. The molecule has 17 nitrogen and oxygen atoms in total. The summed E-state index contributed by atoms with van der Waals surface area (Å²) in [5.41, 5.74) is 0. The maximum Gasteiger partial charge on any atom is 0.472 e. The minimum absolute atomic E-state index is 0.101. The number of rotatable bonds is 58. The molecule has 0 rings (SSSR count). The van der Waals surface area contributed by atoms with Gasteiger partial charge >= 0.3 is 39.5 Å². The molecule has 0 bridgehead atoms. The lowest BCUT2D eigenvalue weighted by Gasteiger charge is -2.21. The van der Waals surface area contributed by atoms with Crippen molar-refractivity contribution in [3.63, 3.8) is 0 Å². The molecule has 5 atom stereocenters. The van der Waals surface area contributed by atoms with Gasteiger partial charge in [-0.05, 0) is 49.4 Å². The van der Waals surface area contributed by atoms with Gasteiger partial charge in [-0.2, -0.15) is 0 Å². The number of ether oxygens (including phenoxy) is 4. The van der Waals surface area contributed by atoms with E-state index in [1.54, 1.807) is 0 Å². The molecule has 0 radical (unpaired) electrons. The Hall–Kier alpha value is -1.94. The highest BCUT2D eigenvalue weighted by atomic mass is 31.2. The third-order valence-electron chi connectivity index (χ3n) is 13.8. The first kappa shape index (κ1) is 78.1. The van der Waals surface area contributed by atoms with Crippen LogP contribution in [0.25, 0.3) is 0 Å². The topological polar surface area (TPSA) is 237 Å². The van der Waals surface area contributed by atoms with E-state index in [-0.39, 0.29) is 25.7 Å². The van der Waals surface area contributed by atoms with Gasteiger partial charge in [0, 0.05) is 25.7 Å². The second-order valence-corrected chi connectivity index (χ2v) is 26.9. The molecule has 3 N–H and O–H groups in total. The average Bonchev–Trinajstić information content (AvgIpc) is 3.39. The predicted molar refractivity (Wildman–Crippen MR) is 317 cm³/mol. The number of phosphoric acid groups is 2. The molecule has 0 aromatic rings. The number of hydrogen-bond donors (Lipinski definition) is 3. The van der Waals surface area contributed by atoms with Crippen LogP contribution in [0.5, 0.6) is 0 Å². The number of carbonyl (C=O) groups is 4. The van der Waals surface area contributed by atoms with Crippen molar-refractivity contribution in [3.8, 4) is 0 Å². The van der Waals surface area contributed by atoms with E-state index in [0.29, 0.717) is 43.4 Å². The Morgan fingerprint density at radius 1 is 0.312 bits per heavy atom. The quantitative estimate of drug-likeness (QED) is 0.0222. The Balaban J connectivity index is 5.23. The van der Waals surface area contributed by atoms with E-state index < -0.39 is 97.5 Å². The molecule has 0 saturated carbocycles. The second-order valence-electron chi connectivity index (χ2n) is 24.0. The first-order valence-corrected chi connectivity index (χ1v) is 34.7. The lowest BCUT2D eigenvalue weighted by atomic mass is 10.0. The summed E-state index contributed by atoms with van der Waals surface area (Å²) >= 11 is 0. The van der Waals surface area contributed by atoms with Crippen LogP contribution in [0.2, 0.25) is 0 Å². The minimum Gasteiger partial charge on any atom is -0.462 e. The normalized spacial score (nSPS) is 14.5. The van der Waals surface area contributed by atoms with Gasteiger partial charge in [0.25, 0.3) is 0 Å². The number of phosphoric ester groups is 2. The third kappa shape index (κ3) is 55.3. The summed E-state index contributed by atoms with van der Waals surface area (Å²) in [6.07, 6.45) is 29.8. The molecule has 2 unspecified atom stereocenters. The highest BCUT2D eigenvalue weighted by Gasteiger charge is 2.30. The van der Waals surface area contributed by atoms with Crippen LogP contribution in [0.4, 0.5) is 0 Å². The Morgan fingerprint density at radius 2 is 0.525 bits per heavy atom. The van der Waals surface area contributed by atoms with Crippen LogP contribution >= 0.6 is 15.6 Å². The fourth-order valence-corrected chi connectivity index (χ4v) is 10.5. The number of aliphatic hydroxyl groups is 1. The van der Waals surface area contributed by atoms with E-state index >= 15 is 0 Å². The zero-order valence-electron chi connectivity index (χ0n) is 51.7. The largest absolute Gasteiger partial charge is 0.472 e. The van der Waals surface area contributed by atoms with Crippen molar-refractivity contribution in [2.75, 3.05) is 39.6 Å². The van der Waals surface area contributed by atoms with Crippen LogP contribution in [-0.4, -0.2) is 96.7 Å². The van der Waals surface area contributed by atoms with Crippen LogP contribution in [-0.2, 0) is 65.4 Å². The first-order chi connectivity index (χ1) is 38.1. The van der Waals surface area contributed by atoms with Crippen LogP contribution in [0.1, 0.15) is 287 Å². The zero-order valence-corrected chi connectivity index (χ0v) is 53.5. The summed E-state index contributed by atoms with van der Waals surface area (Å²) in [4.78, 5) is 72.0. The molecule has 19 heteroatoms. The van der Waals surface area contributed by atoms with Crippen LogP contribution < -0.4 is 0 Å². The lowest BCUT2D eigenvalue weighted by Crippen LogP contribution is -2.30. The first-order valence-electron chi connectivity index (χ1n) is 31.7. The number of esters is 4. The maximum absolute atomic E-state index is 12.9. The van der Waals surface area contributed by atoms with Crippen molar-refractivity contribution in [2.45, 2.75) is 305 Å². The smallest absolute Gasteiger partial charge is 0.462 e. The Kier molecular flexibility index (Phi) is 50.2. The average molecular weight is 1190 g/mol. The van der Waals surface area contributed by atoms with Gasteiger partial charge in [0.05, 0.1) is 26.4 Å². The van der Waals surface area contributed by atoms with Crippen molar-refractivity contribution in [1.29, 1.82) is 0 Å². The van der Waals surface area contributed by atoms with E-state index in [9.17, 15) is 43.2 Å². The summed E-state index contributed by atoms with van der Waals surface area (Å²) < 4.78 is 67.8. The zero-order chi connectivity index (χ0) is 59.7. The molecule has 0 fully saturated rings. The van der Waals surface area contributed by atoms with Gasteiger partial charge in [-0.1, -0.05) is 235 Å². The molecule has 0 aliphatic heterocycles. The Bertz CT molecular complexity index is 1610. The molecular weight excluding hydrogens is 1070 g/mol. The third-order valence-corrected chi connectivity index (χ3v) is 15.7. The van der Waals surface area contributed by atoms with Crippen LogP contribution in [0.3, 0.4) is 0 Å². The molecule has 0 aliphatic rings. The van der Waals surface area contributed by atoms with E-state index in [0.717, 1.165) is 102 Å². The van der Waals surface area contributed by atoms with Gasteiger partial charge in [-0.3, -0.25) is 37.3 Å². The molecule has 80 heavy (non-hydrogen) atoms. The standard InChI is InChI=1S/C61H118O17P2/c1-51(2)37-29-21-13-10-9-11-15-25-33-41-58(63)71-47-57(78-61(66)44-36-28-20-18-24-32-40-54(7)8)50-76-80(69,70)74-46-55(62)45-73-79(67,68)75-49-56(48-72-59(64)42-34-26-19-17-23-31-39-53(5)6)77-60(65)43-35-27-16-12-14-22-30-38-52(3)4/h51-57,62H,9-50H2,1-8H3,(H,67,68)(H,69,70)/t55-,56+,57+/m0/s1. The summed E-state index contributed by atoms with van der Waals surface area (Å²) in [6, 6.07) is 0. The fraction of sp³-hybridized carbons (Fsp3) is 0.934. The summed E-state index contributed by atoms with van der Waals surface area (Å²) in [6.45, 7) is 13.8. The summed E-state index contributed by atoms with van der Waals surface area (Å²) in [5.74, 6) is 0.638. The summed E-state index contributed by atoms with van der Waals surface area (Å²) in [7, 11) is -9.88. The maximum atomic E-state index is 12.9. The van der Waals surface area contributed by atoms with Gasteiger partial charge in [0.15, 0.2) is 12.2 Å². The van der Waals surface area contributed by atoms with Gasteiger partial charge in [0.1, 0.15) is 19.3 Å². The second kappa shape index (κ2) is 51.5. The minimum atomic E-state index is -4.94. The van der Waals surface area contributed by atoms with Gasteiger partial charge in [0.2, 0.25) is 0 Å². The molecular formula is C61H118O17P2. The molecule has 0 aromatic carbocycles. The predicted octanol–water partition coefficient (Wildman–Crippen LogP) is 16.2. The van der Waals surface area contributed by atoms with Gasteiger partial charge in [-0.15, -0.1) is 0 Å². The van der Waals surface area contributed by atoms with Crippen molar-refractivity contribution in [1.82, 2.24) is 0 Å². The molecule has 0 spiro atoms. The van der Waals surface area contributed by atoms with Crippen molar-refractivity contribution in [2.24, 2.45) is 23.7 Å². The van der Waals surface area contributed by atoms with E-state index in [1.807, 2.05) is 0 Å². The van der Waals surface area contributed by atoms with E-state index in [1.165, 1.54) is 83.5 Å². The molecule has 0 saturated heterocycles.